The molecule has 2 N–H and O–H groups in total. The van der Waals surface area contributed by atoms with Crippen molar-refractivity contribution in [2.24, 2.45) is 0 Å². The Labute approximate surface area is 83.8 Å². The van der Waals surface area contributed by atoms with Crippen molar-refractivity contribution in [3.8, 4) is 0 Å². The third-order valence-corrected chi connectivity index (χ3v) is 2.05. The number of nitrogens with one attached hydrogen (secondary N) is 1. The van der Waals surface area contributed by atoms with Crippen LogP contribution in [0.5, 0.6) is 0 Å². The molecule has 1 unspecified atom stereocenters. The maximum Gasteiger partial charge on any atom is 0.217 e. The molecule has 0 bridgehead atoms. The highest BCUT2D eigenvalue weighted by molar-refractivity contribution is 5.73. The molecule has 0 spiro atoms. The number of aliphatic hydroxyl groups excluding tert-OH is 1. The van der Waals surface area contributed by atoms with E-state index in [1.807, 2.05) is 30.3 Å². The summed E-state index contributed by atoms with van der Waals surface area (Å²) in [5.74, 6) is -0.132. The van der Waals surface area contributed by atoms with Gasteiger partial charge in [0.2, 0.25) is 5.91 Å². The first-order chi connectivity index (χ1) is 6.61. The average molecular weight is 193 g/mol. The van der Waals surface area contributed by atoms with Crippen LogP contribution >= 0.6 is 0 Å². The van der Waals surface area contributed by atoms with Gasteiger partial charge >= 0.3 is 0 Å². The van der Waals surface area contributed by atoms with Gasteiger partial charge in [-0.1, -0.05) is 30.3 Å². The number of hydrogen-bond donors (Lipinski definition) is 2. The second kappa shape index (κ2) is 4.77. The molecule has 0 aliphatic heterocycles. The van der Waals surface area contributed by atoms with Crippen LogP contribution in [0.4, 0.5) is 0 Å². The second-order valence-electron chi connectivity index (χ2n) is 3.34. The van der Waals surface area contributed by atoms with E-state index in [4.69, 9.17) is 0 Å². The van der Waals surface area contributed by atoms with Crippen molar-refractivity contribution in [3.63, 3.8) is 0 Å². The molecular weight excluding hydrogens is 178 g/mol. The molecule has 14 heavy (non-hydrogen) atoms. The summed E-state index contributed by atoms with van der Waals surface area (Å²) in [7, 11) is 0. The van der Waals surface area contributed by atoms with Crippen LogP contribution in [0.2, 0.25) is 0 Å². The summed E-state index contributed by atoms with van der Waals surface area (Å²) in [5, 5.41) is 12.5. The van der Waals surface area contributed by atoms with Crippen LogP contribution in [-0.4, -0.2) is 17.1 Å². The van der Waals surface area contributed by atoms with E-state index in [0.29, 0.717) is 0 Å². The molecule has 0 aliphatic carbocycles. The van der Waals surface area contributed by atoms with Gasteiger partial charge in [0.05, 0.1) is 12.1 Å². The number of rotatable bonds is 3. The summed E-state index contributed by atoms with van der Waals surface area (Å²) < 4.78 is 0. The fourth-order valence-electron chi connectivity index (χ4n) is 1.34. The van der Waals surface area contributed by atoms with E-state index in [1.165, 1.54) is 6.92 Å². The van der Waals surface area contributed by atoms with E-state index >= 15 is 0 Å². The molecule has 0 aromatic heterocycles. The quantitative estimate of drug-likeness (QED) is 0.759. The van der Waals surface area contributed by atoms with Crippen molar-refractivity contribution in [2.75, 3.05) is 0 Å². The lowest BCUT2D eigenvalue weighted by atomic mass is 10.0. The third kappa shape index (κ3) is 2.85. The van der Waals surface area contributed by atoms with E-state index in [0.717, 1.165) is 5.56 Å². The Bertz CT molecular complexity index is 297. The van der Waals surface area contributed by atoms with Crippen LogP contribution in [-0.2, 0) is 4.79 Å². The number of carbonyl (C=O) groups is 1. The van der Waals surface area contributed by atoms with Gasteiger partial charge in [-0.05, 0) is 12.5 Å². The minimum atomic E-state index is -0.653. The number of carbonyl (C=O) groups excluding carboxylic acids is 1. The molecule has 3 nitrogen and oxygen atoms in total. The first-order valence-corrected chi connectivity index (χ1v) is 4.61. The molecule has 3 heteroatoms. The van der Waals surface area contributed by atoms with E-state index in [-0.39, 0.29) is 11.9 Å². The van der Waals surface area contributed by atoms with Gasteiger partial charge in [-0.3, -0.25) is 4.79 Å². The predicted molar refractivity (Wildman–Crippen MR) is 54.7 cm³/mol. The van der Waals surface area contributed by atoms with Gasteiger partial charge < -0.3 is 10.4 Å². The molecule has 1 amide bonds. The van der Waals surface area contributed by atoms with Crippen molar-refractivity contribution in [3.05, 3.63) is 35.9 Å². The molecule has 0 radical (unpaired) electrons. The Kier molecular flexibility index (Phi) is 3.65. The summed E-state index contributed by atoms with van der Waals surface area (Å²) in [4.78, 5) is 10.8. The minimum absolute atomic E-state index is 0.132. The van der Waals surface area contributed by atoms with E-state index < -0.39 is 6.10 Å². The van der Waals surface area contributed by atoms with Crippen LogP contribution in [0.25, 0.3) is 0 Å². The average Bonchev–Trinajstić information content (AvgIpc) is 2.17. The van der Waals surface area contributed by atoms with Crippen molar-refractivity contribution in [1.29, 1.82) is 0 Å². The van der Waals surface area contributed by atoms with E-state index in [1.54, 1.807) is 6.92 Å². The number of benzene rings is 1. The van der Waals surface area contributed by atoms with Gasteiger partial charge in [-0.15, -0.1) is 0 Å². The number of aliphatic hydroxyl groups is 1. The van der Waals surface area contributed by atoms with Crippen molar-refractivity contribution in [2.45, 2.75) is 26.0 Å². The van der Waals surface area contributed by atoms with Gasteiger partial charge in [0, 0.05) is 6.92 Å². The Morgan fingerprint density at radius 2 is 1.93 bits per heavy atom. The summed E-state index contributed by atoms with van der Waals surface area (Å²) in [6, 6.07) is 9.01. The van der Waals surface area contributed by atoms with Crippen molar-refractivity contribution >= 4 is 5.91 Å². The fourth-order valence-corrected chi connectivity index (χ4v) is 1.34. The largest absolute Gasteiger partial charge is 0.386 e. The highest BCUT2D eigenvalue weighted by Crippen LogP contribution is 2.15. The molecule has 0 aliphatic rings. The van der Waals surface area contributed by atoms with Gasteiger partial charge in [0.1, 0.15) is 0 Å². The molecule has 76 valence electrons. The standard InChI is InChI=1S/C11H15NO2/c1-8(12-9(2)13)11(14)10-6-4-3-5-7-10/h3-8,11,14H,1-2H3,(H,12,13)/t8-,11?/m0/s1. The predicted octanol–water partition coefficient (Wildman–Crippen LogP) is 1.24. The molecule has 0 heterocycles. The van der Waals surface area contributed by atoms with Gasteiger partial charge in [0.25, 0.3) is 0 Å². The summed E-state index contributed by atoms with van der Waals surface area (Å²) in [5.41, 5.74) is 0.814. The Morgan fingerprint density at radius 1 is 1.36 bits per heavy atom. The molecular formula is C11H15NO2. The molecule has 0 saturated heterocycles. The topological polar surface area (TPSA) is 49.3 Å². The number of hydrogen-bond acceptors (Lipinski definition) is 2. The molecule has 0 fully saturated rings. The first-order valence-electron chi connectivity index (χ1n) is 4.61. The third-order valence-electron chi connectivity index (χ3n) is 2.05. The lowest BCUT2D eigenvalue weighted by molar-refractivity contribution is -0.120. The van der Waals surface area contributed by atoms with Crippen LogP contribution in [0.15, 0.2) is 30.3 Å². The van der Waals surface area contributed by atoms with Crippen LogP contribution in [0.3, 0.4) is 0 Å². The fraction of sp³-hybridized carbons (Fsp3) is 0.364. The van der Waals surface area contributed by atoms with Crippen molar-refractivity contribution < 1.29 is 9.90 Å². The lowest BCUT2D eigenvalue weighted by Crippen LogP contribution is -2.35. The Balaban J connectivity index is 2.65. The summed E-state index contributed by atoms with van der Waals surface area (Å²) >= 11 is 0. The minimum Gasteiger partial charge on any atom is -0.386 e. The number of amides is 1. The summed E-state index contributed by atoms with van der Waals surface area (Å²) in [6.45, 7) is 3.22. The maximum absolute atomic E-state index is 10.8. The first kappa shape index (κ1) is 10.7. The SMILES string of the molecule is CC(=O)N[C@@H](C)C(O)c1ccccc1. The highest BCUT2D eigenvalue weighted by atomic mass is 16.3. The molecule has 2 atom stereocenters. The zero-order valence-corrected chi connectivity index (χ0v) is 8.40. The second-order valence-corrected chi connectivity index (χ2v) is 3.34. The van der Waals surface area contributed by atoms with Crippen LogP contribution in [0.1, 0.15) is 25.5 Å². The van der Waals surface area contributed by atoms with Crippen molar-refractivity contribution in [1.82, 2.24) is 5.32 Å². The normalized spacial score (nSPS) is 14.5. The monoisotopic (exact) mass is 193 g/mol. The molecule has 0 saturated carbocycles. The van der Waals surface area contributed by atoms with E-state index in [9.17, 15) is 9.90 Å². The molecule has 1 aromatic rings. The highest BCUT2D eigenvalue weighted by Gasteiger charge is 2.16. The van der Waals surface area contributed by atoms with Gasteiger partial charge in [-0.25, -0.2) is 0 Å². The van der Waals surface area contributed by atoms with Gasteiger partial charge in [0.15, 0.2) is 0 Å². The zero-order valence-electron chi connectivity index (χ0n) is 8.40. The van der Waals surface area contributed by atoms with Gasteiger partial charge in [-0.2, -0.15) is 0 Å². The lowest BCUT2D eigenvalue weighted by Gasteiger charge is -2.19. The maximum atomic E-state index is 10.8. The smallest absolute Gasteiger partial charge is 0.217 e. The van der Waals surface area contributed by atoms with Crippen LogP contribution < -0.4 is 5.32 Å². The molecule has 1 aromatic carbocycles. The Morgan fingerprint density at radius 3 is 2.43 bits per heavy atom. The van der Waals surface area contributed by atoms with Crippen LogP contribution in [0, 0.1) is 0 Å². The summed E-state index contributed by atoms with van der Waals surface area (Å²) in [6.07, 6.45) is -0.653. The zero-order chi connectivity index (χ0) is 10.6. The molecule has 1 rings (SSSR count). The Hall–Kier alpha value is -1.35. The van der Waals surface area contributed by atoms with E-state index in [2.05, 4.69) is 5.32 Å².